The molecule has 6 nitrogen and oxygen atoms in total. The highest BCUT2D eigenvalue weighted by atomic mass is 16.5. The first kappa shape index (κ1) is 16.6. The Morgan fingerprint density at radius 2 is 2.12 bits per heavy atom. The van der Waals surface area contributed by atoms with Gasteiger partial charge in [-0.1, -0.05) is 24.3 Å². The number of amides is 1. The Bertz CT molecular complexity index is 823. The number of carbonyl (C=O) groups excluding carboxylic acids is 1. The van der Waals surface area contributed by atoms with Gasteiger partial charge >= 0.3 is 0 Å². The lowest BCUT2D eigenvalue weighted by molar-refractivity contribution is -0.114. The molecular formula is C20H22N4O2. The third-order valence-electron chi connectivity index (χ3n) is 4.48. The Labute approximate surface area is 152 Å². The van der Waals surface area contributed by atoms with E-state index in [1.54, 1.807) is 6.08 Å². The largest absolute Gasteiger partial charge is 0.492 e. The van der Waals surface area contributed by atoms with Gasteiger partial charge in [0.25, 0.3) is 5.91 Å². The number of hydrogen-bond donors (Lipinski definition) is 2. The molecular weight excluding hydrogens is 328 g/mol. The first-order valence-electron chi connectivity index (χ1n) is 8.98. The van der Waals surface area contributed by atoms with Gasteiger partial charge in [0.1, 0.15) is 23.9 Å². The minimum absolute atomic E-state index is 0.133. The standard InChI is InChI=1S/C20H22N4O2/c25-20-18-7-12-24-11-2-6-17(19(24)23-18)15-4-1-5-16(14-15)26-13-10-21-8-3-9-22-20/h1-2,4-7,12,14,21H,3,8-11,13H2,(H,22,25). The average molecular weight is 350 g/mol. The highest BCUT2D eigenvalue weighted by molar-refractivity contribution is 6.43. The van der Waals surface area contributed by atoms with Crippen molar-refractivity contribution in [3.05, 3.63) is 60.1 Å². The molecule has 1 aromatic carbocycles. The Morgan fingerprint density at radius 1 is 1.15 bits per heavy atom. The predicted octanol–water partition coefficient (Wildman–Crippen LogP) is 1.68. The fourth-order valence-corrected chi connectivity index (χ4v) is 3.14. The molecule has 3 aliphatic heterocycles. The summed E-state index contributed by atoms with van der Waals surface area (Å²) in [6.07, 6.45) is 8.72. The van der Waals surface area contributed by atoms with E-state index in [1.165, 1.54) is 0 Å². The van der Waals surface area contributed by atoms with Gasteiger partial charge in [-0.15, -0.1) is 0 Å². The Morgan fingerprint density at radius 3 is 3.08 bits per heavy atom. The molecule has 2 N–H and O–H groups in total. The third kappa shape index (κ3) is 3.55. The molecule has 3 aliphatic rings. The topological polar surface area (TPSA) is 66.0 Å². The van der Waals surface area contributed by atoms with Crippen LogP contribution < -0.4 is 15.4 Å². The molecule has 6 heteroatoms. The summed E-state index contributed by atoms with van der Waals surface area (Å²) in [6, 6.07) is 8.01. The summed E-state index contributed by atoms with van der Waals surface area (Å²) in [5.74, 6) is 1.50. The third-order valence-corrected chi connectivity index (χ3v) is 4.48. The van der Waals surface area contributed by atoms with Gasteiger partial charge in [-0.05, 0) is 36.7 Å². The lowest BCUT2D eigenvalue weighted by Crippen LogP contribution is -2.35. The van der Waals surface area contributed by atoms with Crippen LogP contribution in [0.3, 0.4) is 0 Å². The molecule has 4 bridgehead atoms. The van der Waals surface area contributed by atoms with E-state index < -0.39 is 0 Å². The van der Waals surface area contributed by atoms with Gasteiger partial charge in [-0.2, -0.15) is 0 Å². The molecule has 26 heavy (non-hydrogen) atoms. The van der Waals surface area contributed by atoms with Crippen LogP contribution in [0.5, 0.6) is 5.75 Å². The van der Waals surface area contributed by atoms with E-state index in [9.17, 15) is 4.79 Å². The highest BCUT2D eigenvalue weighted by Crippen LogP contribution is 2.31. The van der Waals surface area contributed by atoms with E-state index in [2.05, 4.69) is 27.8 Å². The van der Waals surface area contributed by atoms with Gasteiger partial charge in [0, 0.05) is 31.4 Å². The van der Waals surface area contributed by atoms with Crippen LogP contribution in [0, 0.1) is 0 Å². The van der Waals surface area contributed by atoms with Crippen molar-refractivity contribution >= 4 is 17.2 Å². The van der Waals surface area contributed by atoms with Crippen LogP contribution >= 0.6 is 0 Å². The van der Waals surface area contributed by atoms with Crippen molar-refractivity contribution in [3.63, 3.8) is 0 Å². The zero-order valence-electron chi connectivity index (χ0n) is 14.6. The zero-order chi connectivity index (χ0) is 17.8. The maximum atomic E-state index is 12.4. The van der Waals surface area contributed by atoms with E-state index >= 15 is 0 Å². The van der Waals surface area contributed by atoms with E-state index in [-0.39, 0.29) is 5.91 Å². The maximum Gasteiger partial charge on any atom is 0.270 e. The monoisotopic (exact) mass is 350 g/mol. The number of carbonyl (C=O) groups is 1. The first-order chi connectivity index (χ1) is 12.8. The normalized spacial score (nSPS) is 20.4. The van der Waals surface area contributed by atoms with Crippen LogP contribution in [0.4, 0.5) is 0 Å². The van der Waals surface area contributed by atoms with Crippen molar-refractivity contribution in [1.82, 2.24) is 15.5 Å². The fraction of sp³-hybridized carbons (Fsp3) is 0.300. The number of hydrogen-bond acceptors (Lipinski definition) is 5. The molecule has 1 aromatic rings. The molecule has 4 rings (SSSR count). The van der Waals surface area contributed by atoms with Crippen molar-refractivity contribution in [2.24, 2.45) is 4.99 Å². The fourth-order valence-electron chi connectivity index (χ4n) is 3.14. The molecule has 0 saturated heterocycles. The molecule has 0 saturated carbocycles. The molecule has 0 aliphatic carbocycles. The SMILES string of the molecule is O=C1NCCCNCCOc2cccc(c2)C2=C3N=C1C=CN3CC=C2. The Kier molecular flexibility index (Phi) is 4.84. The number of ether oxygens (including phenoxy) is 1. The summed E-state index contributed by atoms with van der Waals surface area (Å²) in [5, 5.41) is 6.26. The molecule has 0 unspecified atom stereocenters. The molecule has 0 atom stereocenters. The number of benzene rings is 1. The number of nitrogens with zero attached hydrogens (tertiary/aromatic N) is 2. The van der Waals surface area contributed by atoms with Gasteiger partial charge in [-0.25, -0.2) is 4.99 Å². The van der Waals surface area contributed by atoms with Crippen LogP contribution in [-0.4, -0.2) is 49.3 Å². The number of nitrogens with one attached hydrogen (secondary N) is 2. The summed E-state index contributed by atoms with van der Waals surface area (Å²) in [7, 11) is 0. The van der Waals surface area contributed by atoms with Crippen LogP contribution in [-0.2, 0) is 4.79 Å². The summed E-state index contributed by atoms with van der Waals surface area (Å²) < 4.78 is 5.86. The van der Waals surface area contributed by atoms with Gasteiger partial charge in [0.2, 0.25) is 0 Å². The van der Waals surface area contributed by atoms with Gasteiger partial charge in [-0.3, -0.25) is 4.79 Å². The van der Waals surface area contributed by atoms with Crippen molar-refractivity contribution in [3.8, 4) is 5.75 Å². The van der Waals surface area contributed by atoms with Crippen molar-refractivity contribution in [2.45, 2.75) is 6.42 Å². The smallest absolute Gasteiger partial charge is 0.270 e. The highest BCUT2D eigenvalue weighted by Gasteiger charge is 2.22. The molecule has 0 fully saturated rings. The summed E-state index contributed by atoms with van der Waals surface area (Å²) in [4.78, 5) is 19.1. The van der Waals surface area contributed by atoms with Gasteiger partial charge < -0.3 is 20.3 Å². The molecule has 134 valence electrons. The molecule has 0 radical (unpaired) electrons. The second-order valence-electron chi connectivity index (χ2n) is 6.34. The minimum atomic E-state index is -0.133. The minimum Gasteiger partial charge on any atom is -0.492 e. The predicted molar refractivity (Wildman–Crippen MR) is 102 cm³/mol. The second-order valence-corrected chi connectivity index (χ2v) is 6.34. The molecule has 0 spiro atoms. The molecule has 1 amide bonds. The van der Waals surface area contributed by atoms with E-state index in [0.717, 1.165) is 48.8 Å². The van der Waals surface area contributed by atoms with Crippen molar-refractivity contribution in [1.29, 1.82) is 0 Å². The molecule has 0 aromatic heterocycles. The Balaban J connectivity index is 1.74. The number of rotatable bonds is 0. The van der Waals surface area contributed by atoms with Crippen molar-refractivity contribution < 1.29 is 9.53 Å². The van der Waals surface area contributed by atoms with E-state index in [4.69, 9.17) is 4.74 Å². The van der Waals surface area contributed by atoms with Gasteiger partial charge in [0.05, 0.1) is 0 Å². The number of fused-ring (bicyclic) bond motifs is 3. The Hall–Kier alpha value is -2.86. The first-order valence-corrected chi connectivity index (χ1v) is 8.98. The van der Waals surface area contributed by atoms with Crippen molar-refractivity contribution in [2.75, 3.05) is 32.8 Å². The van der Waals surface area contributed by atoms with Crippen LogP contribution in [0.1, 0.15) is 12.0 Å². The quantitative estimate of drug-likeness (QED) is 0.747. The van der Waals surface area contributed by atoms with Crippen LogP contribution in [0.2, 0.25) is 0 Å². The van der Waals surface area contributed by atoms with Gasteiger partial charge in [0.15, 0.2) is 0 Å². The van der Waals surface area contributed by atoms with Crippen LogP contribution in [0.15, 0.2) is 59.5 Å². The molecule has 3 heterocycles. The number of aliphatic imine (C=N–C) groups is 1. The maximum absolute atomic E-state index is 12.4. The average Bonchev–Trinajstić information content (AvgIpc) is 2.68. The second kappa shape index (κ2) is 7.58. The van der Waals surface area contributed by atoms with E-state index in [0.29, 0.717) is 18.9 Å². The van der Waals surface area contributed by atoms with E-state index in [1.807, 2.05) is 35.4 Å². The lowest BCUT2D eigenvalue weighted by Gasteiger charge is -2.28. The summed E-state index contributed by atoms with van der Waals surface area (Å²) in [5.41, 5.74) is 2.45. The van der Waals surface area contributed by atoms with Crippen LogP contribution in [0.25, 0.3) is 5.57 Å². The lowest BCUT2D eigenvalue weighted by atomic mass is 10.0. The number of allylic oxidation sites excluding steroid dienone is 2. The summed E-state index contributed by atoms with van der Waals surface area (Å²) >= 11 is 0. The summed E-state index contributed by atoms with van der Waals surface area (Å²) in [6.45, 7) is 3.58. The zero-order valence-corrected chi connectivity index (χ0v) is 14.6.